The summed E-state index contributed by atoms with van der Waals surface area (Å²) in [7, 11) is 0. The first-order valence-electron chi connectivity index (χ1n) is 13.6. The van der Waals surface area contributed by atoms with Crippen LogP contribution < -0.4 is 11.1 Å². The van der Waals surface area contributed by atoms with Gasteiger partial charge in [-0.1, -0.05) is 47.6 Å². The van der Waals surface area contributed by atoms with E-state index in [9.17, 15) is 29.4 Å². The number of hydrogen-bond donors (Lipinski definition) is 4. The molecule has 0 aliphatic heterocycles. The van der Waals surface area contributed by atoms with E-state index in [1.54, 1.807) is 48.6 Å². The van der Waals surface area contributed by atoms with Gasteiger partial charge in [-0.05, 0) is 66.8 Å². The number of hydrogen-bond acceptors (Lipinski definition) is 4. The van der Waals surface area contributed by atoms with Crippen molar-refractivity contribution in [3.8, 4) is 11.4 Å². The number of nitrogens with one attached hydrogen (secondary N) is 2. The molecule has 0 saturated heterocycles. The van der Waals surface area contributed by atoms with E-state index < -0.39 is 22.8 Å². The maximum absolute atomic E-state index is 13.4. The molecule has 0 aliphatic rings. The molecule has 43 heavy (non-hydrogen) atoms. The smallest absolute Gasteiger partial charge is 0.335 e. The first-order valence-corrected chi connectivity index (χ1v) is 13.6. The number of aromatic nitrogens is 4. The van der Waals surface area contributed by atoms with E-state index in [0.717, 1.165) is 0 Å². The predicted octanol–water partition coefficient (Wildman–Crippen LogP) is 5.52. The Kier molecular flexibility index (Phi) is 8.19. The summed E-state index contributed by atoms with van der Waals surface area (Å²) in [5.74, 6) is -2.10. The van der Waals surface area contributed by atoms with Crippen molar-refractivity contribution < 1.29 is 19.8 Å². The normalized spacial score (nSPS) is 11.9. The van der Waals surface area contributed by atoms with Crippen molar-refractivity contribution in [2.75, 3.05) is 0 Å². The Labute approximate surface area is 247 Å². The molecule has 0 aliphatic carbocycles. The molecule has 4 N–H and O–H groups in total. The van der Waals surface area contributed by atoms with Crippen LogP contribution in [-0.2, 0) is 10.8 Å². The van der Waals surface area contributed by atoms with Crippen molar-refractivity contribution in [2.45, 2.75) is 52.4 Å². The minimum atomic E-state index is -1.05. The summed E-state index contributed by atoms with van der Waals surface area (Å²) in [5.41, 5.74) is 5.09. The molecule has 2 aromatic heterocycles. The van der Waals surface area contributed by atoms with Gasteiger partial charge in [0.15, 0.2) is 0 Å². The van der Waals surface area contributed by atoms with E-state index in [1.165, 1.54) is 33.6 Å². The molecule has 0 bridgehead atoms. The van der Waals surface area contributed by atoms with E-state index >= 15 is 0 Å². The zero-order chi connectivity index (χ0) is 31.7. The van der Waals surface area contributed by atoms with Crippen LogP contribution in [0.2, 0.25) is 0 Å². The lowest BCUT2D eigenvalue weighted by Crippen LogP contribution is -2.16. The summed E-state index contributed by atoms with van der Waals surface area (Å²) >= 11 is 0. The first-order chi connectivity index (χ1) is 20.1. The third kappa shape index (κ3) is 6.45. The molecule has 0 saturated carbocycles. The van der Waals surface area contributed by atoms with Gasteiger partial charge in [-0.25, -0.2) is 19.0 Å². The lowest BCUT2D eigenvalue weighted by Gasteiger charge is -2.17. The van der Waals surface area contributed by atoms with Crippen molar-refractivity contribution in [3.63, 3.8) is 0 Å². The number of H-pyrrole nitrogens is 2. The fourth-order valence-corrected chi connectivity index (χ4v) is 4.53. The molecule has 0 radical (unpaired) electrons. The highest BCUT2D eigenvalue weighted by Gasteiger charge is 2.25. The van der Waals surface area contributed by atoms with Gasteiger partial charge in [-0.2, -0.15) is 0 Å². The van der Waals surface area contributed by atoms with Crippen LogP contribution in [-0.4, -0.2) is 41.7 Å². The second-order valence-electron chi connectivity index (χ2n) is 12.1. The molecule has 2 heterocycles. The Morgan fingerprint density at radius 2 is 1.09 bits per heavy atom. The number of carboxylic acid groups (broad SMARTS) is 2. The van der Waals surface area contributed by atoms with Gasteiger partial charge in [0.05, 0.1) is 45.0 Å². The van der Waals surface area contributed by atoms with Crippen LogP contribution in [0.4, 0.5) is 0 Å². The Bertz CT molecular complexity index is 1890. The van der Waals surface area contributed by atoms with E-state index in [0.29, 0.717) is 33.9 Å². The summed E-state index contributed by atoms with van der Waals surface area (Å²) in [6.45, 7) is 11.8. The van der Waals surface area contributed by atoms with E-state index in [-0.39, 0.29) is 22.2 Å². The molecule has 4 aromatic rings. The SMILES string of the molecule is CC(C)(C)c1[nH]n(-c2ccc(C(=O)O)cc2)c(=O)c1C=C=CC=Cc1c(C(C)(C)C)[nH]n(-c2ccc(C(=O)O)cc2)c1=O. The fraction of sp³-hybridized carbons (Fsp3) is 0.242. The summed E-state index contributed by atoms with van der Waals surface area (Å²) in [4.78, 5) is 49.2. The third-order valence-electron chi connectivity index (χ3n) is 6.78. The predicted molar refractivity (Wildman–Crippen MR) is 166 cm³/mol. The standard InChI is InChI=1S/C33H34N4O6/c1-32(2,3)26-24(28(38)36(34-26)22-16-12-20(13-17-22)30(40)41)10-8-7-9-11-25-27(33(4,5)6)35-37(29(25)39)23-18-14-21(15-19-23)31(42)43/h7-8,10-19,34-35H,1-6H3,(H,40,41)(H,42,43). The molecule has 0 spiro atoms. The van der Waals surface area contributed by atoms with Crippen LogP contribution in [0, 0.1) is 0 Å². The summed E-state index contributed by atoms with van der Waals surface area (Å²) in [6.07, 6.45) is 6.53. The number of aromatic carboxylic acids is 2. The molecule has 222 valence electrons. The molecule has 2 aromatic carbocycles. The molecule has 10 nitrogen and oxygen atoms in total. The number of rotatable bonds is 7. The Balaban J connectivity index is 1.70. The fourth-order valence-electron chi connectivity index (χ4n) is 4.53. The number of benzene rings is 2. The molecular weight excluding hydrogens is 548 g/mol. The molecule has 0 unspecified atom stereocenters. The van der Waals surface area contributed by atoms with Gasteiger partial charge >= 0.3 is 11.9 Å². The minimum absolute atomic E-state index is 0.120. The largest absolute Gasteiger partial charge is 0.478 e. The second kappa shape index (κ2) is 11.5. The Morgan fingerprint density at radius 3 is 1.49 bits per heavy atom. The molecule has 0 amide bonds. The monoisotopic (exact) mass is 582 g/mol. The average Bonchev–Trinajstić information content (AvgIpc) is 3.45. The van der Waals surface area contributed by atoms with Crippen LogP contribution in [0.25, 0.3) is 23.5 Å². The number of carbonyl (C=O) groups is 2. The van der Waals surface area contributed by atoms with Crippen LogP contribution in [0.3, 0.4) is 0 Å². The van der Waals surface area contributed by atoms with Gasteiger partial charge in [0.2, 0.25) is 0 Å². The molecule has 4 rings (SSSR count). The van der Waals surface area contributed by atoms with E-state index in [2.05, 4.69) is 15.9 Å². The number of nitrogens with zero attached hydrogens (tertiary/aromatic N) is 2. The highest BCUT2D eigenvalue weighted by Crippen LogP contribution is 2.25. The van der Waals surface area contributed by atoms with Gasteiger partial charge in [0, 0.05) is 10.8 Å². The number of carboxylic acids is 2. The average molecular weight is 583 g/mol. The second-order valence-corrected chi connectivity index (χ2v) is 12.1. The topological polar surface area (TPSA) is 150 Å². The third-order valence-corrected chi connectivity index (χ3v) is 6.78. The van der Waals surface area contributed by atoms with Crippen LogP contribution >= 0.6 is 0 Å². The van der Waals surface area contributed by atoms with Gasteiger partial charge in [-0.3, -0.25) is 19.8 Å². The summed E-state index contributed by atoms with van der Waals surface area (Å²) < 4.78 is 2.75. The quantitative estimate of drug-likeness (QED) is 0.167. The van der Waals surface area contributed by atoms with Crippen molar-refractivity contribution >= 4 is 24.1 Å². The van der Waals surface area contributed by atoms with Crippen LogP contribution in [0.5, 0.6) is 0 Å². The summed E-state index contributed by atoms with van der Waals surface area (Å²) in [6, 6.07) is 12.0. The lowest BCUT2D eigenvalue weighted by molar-refractivity contribution is 0.0686. The van der Waals surface area contributed by atoms with Crippen LogP contribution in [0.15, 0.2) is 76.0 Å². The van der Waals surface area contributed by atoms with Crippen molar-refractivity contribution in [3.05, 3.63) is 121 Å². The lowest BCUT2D eigenvalue weighted by atomic mass is 9.89. The van der Waals surface area contributed by atoms with Crippen LogP contribution in [0.1, 0.15) is 84.8 Å². The van der Waals surface area contributed by atoms with Gasteiger partial charge in [0.1, 0.15) is 0 Å². The number of aromatic amines is 2. The molecule has 10 heteroatoms. The van der Waals surface area contributed by atoms with Crippen molar-refractivity contribution in [1.82, 2.24) is 19.6 Å². The highest BCUT2D eigenvalue weighted by atomic mass is 16.4. The maximum Gasteiger partial charge on any atom is 0.335 e. The minimum Gasteiger partial charge on any atom is -0.478 e. The first kappa shape index (κ1) is 30.6. The number of allylic oxidation sites excluding steroid dienone is 2. The molecule has 0 fully saturated rings. The van der Waals surface area contributed by atoms with Crippen molar-refractivity contribution in [2.24, 2.45) is 0 Å². The molecule has 0 atom stereocenters. The summed E-state index contributed by atoms with van der Waals surface area (Å²) in [5, 5.41) is 24.7. The Hall–Kier alpha value is -5.34. The van der Waals surface area contributed by atoms with E-state index in [1.807, 2.05) is 41.5 Å². The van der Waals surface area contributed by atoms with Crippen molar-refractivity contribution in [1.29, 1.82) is 0 Å². The van der Waals surface area contributed by atoms with E-state index in [4.69, 9.17) is 0 Å². The zero-order valence-electron chi connectivity index (χ0n) is 24.9. The van der Waals surface area contributed by atoms with Gasteiger partial charge < -0.3 is 10.2 Å². The Morgan fingerprint density at radius 1 is 0.698 bits per heavy atom. The van der Waals surface area contributed by atoms with Gasteiger partial charge in [0.25, 0.3) is 11.1 Å². The maximum atomic E-state index is 13.4. The zero-order valence-corrected chi connectivity index (χ0v) is 24.9. The van der Waals surface area contributed by atoms with Gasteiger partial charge in [-0.15, -0.1) is 5.73 Å². The highest BCUT2D eigenvalue weighted by molar-refractivity contribution is 5.88. The molecular formula is C33H34N4O6.